The van der Waals surface area contributed by atoms with Gasteiger partial charge >= 0.3 is 5.97 Å². The van der Waals surface area contributed by atoms with Crippen LogP contribution in [0.1, 0.15) is 19.5 Å². The summed E-state index contributed by atoms with van der Waals surface area (Å²) in [7, 11) is 1.90. The second kappa shape index (κ2) is 3.89. The van der Waals surface area contributed by atoms with E-state index in [0.717, 1.165) is 5.69 Å². The van der Waals surface area contributed by atoms with Crippen LogP contribution < -0.4 is 0 Å². The number of rotatable bonds is 2. The third kappa shape index (κ3) is 2.43. The van der Waals surface area contributed by atoms with Crippen molar-refractivity contribution in [2.24, 2.45) is 12.2 Å². The molecule has 0 amide bonds. The molecular weight excluding hydrogens is 168 g/mol. The third-order valence-electron chi connectivity index (χ3n) is 1.63. The lowest BCUT2D eigenvalue weighted by molar-refractivity contribution is -0.140. The maximum Gasteiger partial charge on any atom is 0.331 e. The van der Waals surface area contributed by atoms with Gasteiger partial charge < -0.3 is 9.40 Å². The van der Waals surface area contributed by atoms with Crippen LogP contribution in [0, 0.1) is 0 Å². The number of aryl methyl sites for hydroxylation is 1. The highest BCUT2D eigenvalue weighted by Crippen LogP contribution is 2.01. The maximum atomic E-state index is 10.5. The quantitative estimate of drug-likeness (QED) is 0.391. The van der Waals surface area contributed by atoms with E-state index in [1.807, 2.05) is 29.9 Å². The van der Waals surface area contributed by atoms with E-state index in [1.165, 1.54) is 6.92 Å². The summed E-state index contributed by atoms with van der Waals surface area (Å²) in [5.41, 5.74) is 1.61. The van der Waals surface area contributed by atoms with Crippen LogP contribution in [0.25, 0.3) is 0 Å². The summed E-state index contributed by atoms with van der Waals surface area (Å²) < 4.78 is 1.91. The molecule has 0 aromatic carbocycles. The SMILES string of the molecule is CC(=O)ON=C(C)c1cccn1C. The topological polar surface area (TPSA) is 43.6 Å². The molecule has 0 aliphatic carbocycles. The fourth-order valence-electron chi connectivity index (χ4n) is 1.02. The normalized spacial score (nSPS) is 11.5. The molecule has 1 heterocycles. The monoisotopic (exact) mass is 180 g/mol. The van der Waals surface area contributed by atoms with Crippen molar-refractivity contribution in [1.29, 1.82) is 0 Å². The third-order valence-corrected chi connectivity index (χ3v) is 1.63. The fourth-order valence-corrected chi connectivity index (χ4v) is 1.02. The van der Waals surface area contributed by atoms with Gasteiger partial charge in [-0.3, -0.25) is 0 Å². The number of hydrogen-bond donors (Lipinski definition) is 0. The van der Waals surface area contributed by atoms with Gasteiger partial charge in [-0.15, -0.1) is 0 Å². The molecule has 1 rings (SSSR count). The van der Waals surface area contributed by atoms with Gasteiger partial charge in [0.25, 0.3) is 0 Å². The first-order chi connectivity index (χ1) is 6.11. The van der Waals surface area contributed by atoms with Crippen molar-refractivity contribution < 1.29 is 9.63 Å². The molecule has 0 bridgehead atoms. The molecule has 1 aromatic heterocycles. The maximum absolute atomic E-state index is 10.5. The fraction of sp³-hybridized carbons (Fsp3) is 0.333. The summed E-state index contributed by atoms with van der Waals surface area (Å²) in [4.78, 5) is 15.0. The van der Waals surface area contributed by atoms with Crippen molar-refractivity contribution in [2.75, 3.05) is 0 Å². The average Bonchev–Trinajstić information content (AvgIpc) is 2.47. The van der Waals surface area contributed by atoms with Crippen LogP contribution in [0.3, 0.4) is 0 Å². The smallest absolute Gasteiger partial charge is 0.331 e. The number of hydrogen-bond acceptors (Lipinski definition) is 3. The van der Waals surface area contributed by atoms with Gasteiger partial charge in [-0.1, -0.05) is 5.16 Å². The molecule has 0 N–H and O–H groups in total. The van der Waals surface area contributed by atoms with Gasteiger partial charge in [0.2, 0.25) is 0 Å². The molecule has 0 radical (unpaired) electrons. The molecule has 0 aliphatic heterocycles. The lowest BCUT2D eigenvalue weighted by atomic mass is 10.3. The zero-order chi connectivity index (χ0) is 9.84. The Morgan fingerprint density at radius 1 is 1.54 bits per heavy atom. The summed E-state index contributed by atoms with van der Waals surface area (Å²) in [6.07, 6.45) is 1.90. The van der Waals surface area contributed by atoms with E-state index < -0.39 is 5.97 Å². The molecular formula is C9H12N2O2. The molecule has 0 fully saturated rings. The van der Waals surface area contributed by atoms with E-state index in [2.05, 4.69) is 9.99 Å². The molecule has 70 valence electrons. The number of carbonyl (C=O) groups is 1. The van der Waals surface area contributed by atoms with Crippen molar-refractivity contribution in [1.82, 2.24) is 4.57 Å². The van der Waals surface area contributed by atoms with Gasteiger partial charge in [-0.2, -0.15) is 0 Å². The van der Waals surface area contributed by atoms with E-state index in [0.29, 0.717) is 5.71 Å². The van der Waals surface area contributed by atoms with Gasteiger partial charge in [-0.05, 0) is 19.1 Å². The standard InChI is InChI=1S/C9H12N2O2/c1-7(10-13-8(2)12)9-5-4-6-11(9)3/h4-6H,1-3H3. The van der Waals surface area contributed by atoms with E-state index in [-0.39, 0.29) is 0 Å². The molecule has 13 heavy (non-hydrogen) atoms. The van der Waals surface area contributed by atoms with Crippen LogP contribution >= 0.6 is 0 Å². The van der Waals surface area contributed by atoms with Gasteiger partial charge in [0.05, 0.1) is 5.69 Å². The van der Waals surface area contributed by atoms with Crippen molar-refractivity contribution in [3.8, 4) is 0 Å². The lowest BCUT2D eigenvalue weighted by Crippen LogP contribution is -2.04. The minimum atomic E-state index is -0.409. The van der Waals surface area contributed by atoms with Gasteiger partial charge in [0.1, 0.15) is 5.71 Å². The lowest BCUT2D eigenvalue weighted by Gasteiger charge is -2.00. The van der Waals surface area contributed by atoms with E-state index in [1.54, 1.807) is 6.92 Å². The number of aromatic nitrogens is 1. The first-order valence-electron chi connectivity index (χ1n) is 3.95. The van der Waals surface area contributed by atoms with Crippen LogP contribution in [0.5, 0.6) is 0 Å². The Hall–Kier alpha value is -1.58. The first-order valence-corrected chi connectivity index (χ1v) is 3.95. The first kappa shape index (κ1) is 9.51. The van der Waals surface area contributed by atoms with Crippen LogP contribution in [0.2, 0.25) is 0 Å². The van der Waals surface area contributed by atoms with Crippen molar-refractivity contribution in [2.45, 2.75) is 13.8 Å². The molecule has 0 saturated carbocycles. The zero-order valence-electron chi connectivity index (χ0n) is 7.94. The Morgan fingerprint density at radius 3 is 2.69 bits per heavy atom. The number of oxime groups is 1. The molecule has 0 spiro atoms. The molecule has 0 aliphatic rings. The Kier molecular flexibility index (Phi) is 2.84. The Balaban J connectivity index is 2.78. The highest BCUT2D eigenvalue weighted by atomic mass is 16.7. The molecule has 0 atom stereocenters. The van der Waals surface area contributed by atoms with Gasteiger partial charge in [0.15, 0.2) is 0 Å². The van der Waals surface area contributed by atoms with E-state index in [4.69, 9.17) is 0 Å². The number of nitrogens with zero attached hydrogens (tertiary/aromatic N) is 2. The van der Waals surface area contributed by atoms with Crippen molar-refractivity contribution in [3.63, 3.8) is 0 Å². The Morgan fingerprint density at radius 2 is 2.23 bits per heavy atom. The minimum absolute atomic E-state index is 0.409. The van der Waals surface area contributed by atoms with Crippen LogP contribution in [-0.2, 0) is 16.7 Å². The highest BCUT2D eigenvalue weighted by Gasteiger charge is 2.01. The minimum Gasteiger partial charge on any atom is -0.349 e. The summed E-state index contributed by atoms with van der Waals surface area (Å²) >= 11 is 0. The zero-order valence-corrected chi connectivity index (χ0v) is 7.94. The second-order valence-corrected chi connectivity index (χ2v) is 2.76. The van der Waals surface area contributed by atoms with Crippen LogP contribution in [0.15, 0.2) is 23.5 Å². The summed E-state index contributed by atoms with van der Waals surface area (Å²) in [5.74, 6) is -0.409. The Bertz CT molecular complexity index is 339. The highest BCUT2D eigenvalue weighted by molar-refractivity contribution is 5.97. The van der Waals surface area contributed by atoms with Gasteiger partial charge in [0, 0.05) is 20.2 Å². The average molecular weight is 180 g/mol. The largest absolute Gasteiger partial charge is 0.349 e. The van der Waals surface area contributed by atoms with E-state index >= 15 is 0 Å². The van der Waals surface area contributed by atoms with Crippen LogP contribution in [-0.4, -0.2) is 16.2 Å². The van der Waals surface area contributed by atoms with Gasteiger partial charge in [-0.25, -0.2) is 4.79 Å². The predicted molar refractivity (Wildman–Crippen MR) is 49.4 cm³/mol. The van der Waals surface area contributed by atoms with Crippen molar-refractivity contribution >= 4 is 11.7 Å². The molecule has 4 nitrogen and oxygen atoms in total. The molecule has 1 aromatic rings. The van der Waals surface area contributed by atoms with Crippen molar-refractivity contribution in [3.05, 3.63) is 24.0 Å². The summed E-state index contributed by atoms with van der Waals surface area (Å²) in [6, 6.07) is 3.81. The van der Waals surface area contributed by atoms with E-state index in [9.17, 15) is 4.79 Å². The summed E-state index contributed by atoms with van der Waals surface area (Å²) in [5, 5.41) is 3.67. The summed E-state index contributed by atoms with van der Waals surface area (Å²) in [6.45, 7) is 3.11. The molecule has 0 unspecified atom stereocenters. The molecule has 4 heteroatoms. The molecule has 0 saturated heterocycles. The second-order valence-electron chi connectivity index (χ2n) is 2.76. The predicted octanol–water partition coefficient (Wildman–Crippen LogP) is 1.31. The van der Waals surface area contributed by atoms with Crippen LogP contribution in [0.4, 0.5) is 0 Å². The Labute approximate surface area is 76.8 Å². The number of carbonyl (C=O) groups excluding carboxylic acids is 1.